The summed E-state index contributed by atoms with van der Waals surface area (Å²) in [5, 5.41) is 2.88. The lowest BCUT2D eigenvalue weighted by atomic mass is 10.1. The van der Waals surface area contributed by atoms with Crippen LogP contribution in [0.1, 0.15) is 28.9 Å². The molecule has 0 fully saturated rings. The lowest BCUT2D eigenvalue weighted by Gasteiger charge is -2.22. The smallest absolute Gasteiger partial charge is 0.251 e. The van der Waals surface area contributed by atoms with Gasteiger partial charge in [0.05, 0.1) is 10.9 Å². The minimum absolute atomic E-state index is 0.110. The Morgan fingerprint density at radius 1 is 1.15 bits per heavy atom. The van der Waals surface area contributed by atoms with E-state index in [4.69, 9.17) is 9.47 Å². The molecule has 8 heteroatoms. The van der Waals surface area contributed by atoms with Crippen molar-refractivity contribution in [3.63, 3.8) is 0 Å². The van der Waals surface area contributed by atoms with Gasteiger partial charge >= 0.3 is 0 Å². The maximum absolute atomic E-state index is 12.5. The predicted molar refractivity (Wildman–Crippen MR) is 101 cm³/mol. The number of benzene rings is 2. The van der Waals surface area contributed by atoms with Crippen LogP contribution in [0, 0.1) is 0 Å². The Balaban J connectivity index is 1.82. The van der Waals surface area contributed by atoms with Crippen molar-refractivity contribution in [1.29, 1.82) is 0 Å². The molecule has 26 heavy (non-hydrogen) atoms. The fraction of sp³-hybridized carbons (Fsp3) is 0.278. The number of fused-ring (bicyclic) bond motifs is 1. The van der Waals surface area contributed by atoms with E-state index in [1.54, 1.807) is 12.1 Å². The molecule has 1 aliphatic heterocycles. The van der Waals surface area contributed by atoms with Crippen LogP contribution in [0.2, 0.25) is 0 Å². The summed E-state index contributed by atoms with van der Waals surface area (Å²) >= 11 is 3.49. The fourth-order valence-electron chi connectivity index (χ4n) is 2.64. The first-order chi connectivity index (χ1) is 12.3. The Hall–Kier alpha value is -2.06. The van der Waals surface area contributed by atoms with E-state index in [0.29, 0.717) is 24.7 Å². The first-order valence-electron chi connectivity index (χ1n) is 7.96. The van der Waals surface area contributed by atoms with Gasteiger partial charge in [-0.05, 0) is 42.8 Å². The van der Waals surface area contributed by atoms with E-state index in [2.05, 4.69) is 21.2 Å². The van der Waals surface area contributed by atoms with Gasteiger partial charge in [-0.2, -0.15) is 0 Å². The van der Waals surface area contributed by atoms with E-state index in [1.807, 2.05) is 19.1 Å². The van der Waals surface area contributed by atoms with Gasteiger partial charge in [0.25, 0.3) is 5.91 Å². The normalized spacial score (nSPS) is 14.6. The number of carbonyl (C=O) groups excluding carboxylic acids is 1. The summed E-state index contributed by atoms with van der Waals surface area (Å²) in [7, 11) is -3.37. The molecule has 138 valence electrons. The predicted octanol–water partition coefficient (Wildman–Crippen LogP) is 3.11. The van der Waals surface area contributed by atoms with Crippen LogP contribution in [0.15, 0.2) is 45.8 Å². The number of nitrogens with one attached hydrogen (secondary N) is 1. The number of carbonyl (C=O) groups is 1. The van der Waals surface area contributed by atoms with Gasteiger partial charge in [0.2, 0.25) is 0 Å². The van der Waals surface area contributed by atoms with Crippen molar-refractivity contribution in [2.75, 3.05) is 19.5 Å². The molecule has 1 aliphatic rings. The SMILES string of the molecule is CC(NC(=O)c1cccc(S(C)(=O)=O)c1)c1cc2c(cc1Br)OCCO2. The van der Waals surface area contributed by atoms with E-state index in [1.165, 1.54) is 12.1 Å². The van der Waals surface area contributed by atoms with Crippen molar-refractivity contribution in [2.24, 2.45) is 0 Å². The number of hydrogen-bond acceptors (Lipinski definition) is 5. The number of hydrogen-bond donors (Lipinski definition) is 1. The first kappa shape index (κ1) is 18.7. The van der Waals surface area contributed by atoms with Crippen molar-refractivity contribution in [3.05, 3.63) is 52.0 Å². The largest absolute Gasteiger partial charge is 0.486 e. The van der Waals surface area contributed by atoms with Crippen molar-refractivity contribution in [2.45, 2.75) is 17.9 Å². The number of sulfone groups is 1. The molecule has 6 nitrogen and oxygen atoms in total. The van der Waals surface area contributed by atoms with Crippen LogP contribution in [0.5, 0.6) is 11.5 Å². The van der Waals surface area contributed by atoms with Crippen LogP contribution in [-0.4, -0.2) is 33.8 Å². The van der Waals surface area contributed by atoms with Crippen molar-refractivity contribution in [1.82, 2.24) is 5.32 Å². The molecular weight excluding hydrogens is 422 g/mol. The molecule has 1 unspecified atom stereocenters. The van der Waals surface area contributed by atoms with E-state index in [0.717, 1.165) is 16.3 Å². The zero-order chi connectivity index (χ0) is 18.9. The molecule has 3 rings (SSSR count). The van der Waals surface area contributed by atoms with Crippen LogP contribution >= 0.6 is 15.9 Å². The third-order valence-electron chi connectivity index (χ3n) is 4.00. The second-order valence-corrected chi connectivity index (χ2v) is 8.88. The molecule has 0 bridgehead atoms. The molecule has 0 saturated carbocycles. The number of ether oxygens (including phenoxy) is 2. The third-order valence-corrected chi connectivity index (χ3v) is 5.80. The summed E-state index contributed by atoms with van der Waals surface area (Å²) in [6, 6.07) is 9.29. The van der Waals surface area contributed by atoms with E-state index in [9.17, 15) is 13.2 Å². The second-order valence-electron chi connectivity index (χ2n) is 6.01. The van der Waals surface area contributed by atoms with Crippen LogP contribution in [0.4, 0.5) is 0 Å². The van der Waals surface area contributed by atoms with Gasteiger partial charge in [-0.25, -0.2) is 8.42 Å². The Morgan fingerprint density at radius 3 is 2.46 bits per heavy atom. The van der Waals surface area contributed by atoms with E-state index < -0.39 is 9.84 Å². The Bertz CT molecular complexity index is 958. The van der Waals surface area contributed by atoms with Crippen molar-refractivity contribution in [3.8, 4) is 11.5 Å². The number of halogens is 1. The van der Waals surface area contributed by atoms with Crippen molar-refractivity contribution >= 4 is 31.7 Å². The molecule has 0 radical (unpaired) electrons. The lowest BCUT2D eigenvalue weighted by molar-refractivity contribution is 0.0939. The van der Waals surface area contributed by atoms with Crippen molar-refractivity contribution < 1.29 is 22.7 Å². The van der Waals surface area contributed by atoms with Gasteiger partial charge in [-0.1, -0.05) is 22.0 Å². The zero-order valence-corrected chi connectivity index (χ0v) is 16.7. The summed E-state index contributed by atoms with van der Waals surface area (Å²) < 4.78 is 35.3. The second kappa shape index (κ2) is 7.28. The standard InChI is InChI=1S/C18H18BrNO5S/c1-11(14-9-16-17(10-15(14)19)25-7-6-24-16)20-18(21)12-4-3-5-13(8-12)26(2,22)23/h3-5,8-11H,6-7H2,1-2H3,(H,20,21). The average Bonchev–Trinajstić information content (AvgIpc) is 2.60. The highest BCUT2D eigenvalue weighted by Crippen LogP contribution is 2.37. The molecule has 2 aromatic carbocycles. The fourth-order valence-corrected chi connectivity index (χ4v) is 3.97. The monoisotopic (exact) mass is 439 g/mol. The summed E-state index contributed by atoms with van der Waals surface area (Å²) in [5.41, 5.74) is 1.12. The molecule has 1 heterocycles. The van der Waals surface area contributed by atoms with Gasteiger partial charge in [-0.15, -0.1) is 0 Å². The minimum Gasteiger partial charge on any atom is -0.486 e. The molecule has 2 aromatic rings. The quantitative estimate of drug-likeness (QED) is 0.790. The number of amides is 1. The average molecular weight is 440 g/mol. The Morgan fingerprint density at radius 2 is 1.81 bits per heavy atom. The Labute approximate surface area is 160 Å². The van der Waals surface area contributed by atoms with Crippen LogP contribution in [0.25, 0.3) is 0 Å². The van der Waals surface area contributed by atoms with Gasteiger partial charge in [0.1, 0.15) is 13.2 Å². The highest BCUT2D eigenvalue weighted by atomic mass is 79.9. The molecule has 0 saturated heterocycles. The van der Waals surface area contributed by atoms with Gasteiger partial charge < -0.3 is 14.8 Å². The summed E-state index contributed by atoms with van der Waals surface area (Å²) in [5.74, 6) is 0.936. The summed E-state index contributed by atoms with van der Waals surface area (Å²) in [4.78, 5) is 12.6. The number of rotatable bonds is 4. The lowest BCUT2D eigenvalue weighted by Crippen LogP contribution is -2.27. The van der Waals surface area contributed by atoms with Gasteiger partial charge in [0.15, 0.2) is 21.3 Å². The molecule has 1 N–H and O–H groups in total. The Kier molecular flexibility index (Phi) is 5.24. The van der Waals surface area contributed by atoms with Gasteiger partial charge in [-0.3, -0.25) is 4.79 Å². The van der Waals surface area contributed by atoms with E-state index in [-0.39, 0.29) is 22.4 Å². The maximum atomic E-state index is 12.5. The highest BCUT2D eigenvalue weighted by Gasteiger charge is 2.20. The van der Waals surface area contributed by atoms with Crippen LogP contribution in [0.3, 0.4) is 0 Å². The molecular formula is C18H18BrNO5S. The molecule has 0 aliphatic carbocycles. The van der Waals surface area contributed by atoms with Crippen LogP contribution in [-0.2, 0) is 9.84 Å². The van der Waals surface area contributed by atoms with Crippen LogP contribution < -0.4 is 14.8 Å². The molecule has 1 amide bonds. The summed E-state index contributed by atoms with van der Waals surface area (Å²) in [6.45, 7) is 2.82. The molecule has 1 atom stereocenters. The zero-order valence-electron chi connectivity index (χ0n) is 14.3. The minimum atomic E-state index is -3.37. The van der Waals surface area contributed by atoms with Gasteiger partial charge in [0, 0.05) is 16.3 Å². The molecule has 0 spiro atoms. The summed E-state index contributed by atoms with van der Waals surface area (Å²) in [6.07, 6.45) is 1.11. The topological polar surface area (TPSA) is 81.7 Å². The first-order valence-corrected chi connectivity index (χ1v) is 10.6. The maximum Gasteiger partial charge on any atom is 0.251 e. The highest BCUT2D eigenvalue weighted by molar-refractivity contribution is 9.10. The molecule has 0 aromatic heterocycles. The van der Waals surface area contributed by atoms with E-state index >= 15 is 0 Å². The third kappa shape index (κ3) is 4.02.